The van der Waals surface area contributed by atoms with Gasteiger partial charge in [-0.15, -0.1) is 0 Å². The first-order valence-electron chi connectivity index (χ1n) is 5.71. The largest absolute Gasteiger partial charge is 0.354 e. The van der Waals surface area contributed by atoms with E-state index in [0.29, 0.717) is 17.8 Å². The highest BCUT2D eigenvalue weighted by Crippen LogP contribution is 2.12. The van der Waals surface area contributed by atoms with Gasteiger partial charge in [0.1, 0.15) is 0 Å². The van der Waals surface area contributed by atoms with Gasteiger partial charge < -0.3 is 4.98 Å². The third-order valence-electron chi connectivity index (χ3n) is 2.37. The van der Waals surface area contributed by atoms with Crippen molar-refractivity contribution in [2.45, 2.75) is 33.1 Å². The molecule has 0 aliphatic rings. The number of hydrogen-bond acceptors (Lipinski definition) is 4. The summed E-state index contributed by atoms with van der Waals surface area (Å²) in [6.45, 7) is 3.66. The van der Waals surface area contributed by atoms with E-state index in [1.54, 1.807) is 6.92 Å². The summed E-state index contributed by atoms with van der Waals surface area (Å²) < 4.78 is 0. The summed E-state index contributed by atoms with van der Waals surface area (Å²) in [5.41, 5.74) is 3.39. The van der Waals surface area contributed by atoms with Crippen LogP contribution in [0.1, 0.15) is 38.8 Å². The van der Waals surface area contributed by atoms with E-state index in [9.17, 15) is 14.9 Å². The van der Waals surface area contributed by atoms with Crippen molar-refractivity contribution in [3.63, 3.8) is 0 Å². The lowest BCUT2D eigenvalue weighted by Gasteiger charge is -2.00. The van der Waals surface area contributed by atoms with Gasteiger partial charge >= 0.3 is 0 Å². The molecule has 0 unspecified atom stereocenters. The first-order chi connectivity index (χ1) is 8.54. The number of carbonyl (C=O) groups excluding carboxylic acids is 1. The molecule has 0 spiro atoms. The highest BCUT2D eigenvalue weighted by molar-refractivity contribution is 5.98. The first-order valence-corrected chi connectivity index (χ1v) is 5.71. The van der Waals surface area contributed by atoms with E-state index in [0.717, 1.165) is 12.8 Å². The summed E-state index contributed by atoms with van der Waals surface area (Å²) in [7, 11) is 0. The van der Waals surface area contributed by atoms with E-state index >= 15 is 0 Å². The summed E-state index contributed by atoms with van der Waals surface area (Å²) >= 11 is 0. The van der Waals surface area contributed by atoms with Crippen molar-refractivity contribution >= 4 is 17.3 Å². The van der Waals surface area contributed by atoms with E-state index in [4.69, 9.17) is 0 Å². The van der Waals surface area contributed by atoms with Crippen LogP contribution < -0.4 is 5.43 Å². The second kappa shape index (κ2) is 6.53. The van der Waals surface area contributed by atoms with E-state index in [1.807, 2.05) is 6.92 Å². The number of unbranched alkanes of at least 4 members (excludes halogenated alkanes) is 1. The summed E-state index contributed by atoms with van der Waals surface area (Å²) in [4.78, 5) is 24.0. The molecule has 1 aromatic heterocycles. The van der Waals surface area contributed by atoms with E-state index < -0.39 is 4.92 Å². The Labute approximate surface area is 104 Å². The number of aromatic amines is 1. The Morgan fingerprint density at radius 1 is 1.61 bits per heavy atom. The van der Waals surface area contributed by atoms with Crippen molar-refractivity contribution in [1.82, 2.24) is 10.4 Å². The minimum Gasteiger partial charge on any atom is -0.354 e. The highest BCUT2D eigenvalue weighted by Gasteiger charge is 2.10. The lowest BCUT2D eigenvalue weighted by Crippen LogP contribution is -2.18. The van der Waals surface area contributed by atoms with Gasteiger partial charge in [-0.25, -0.2) is 5.43 Å². The number of carbonyl (C=O) groups is 1. The molecule has 1 aromatic rings. The topological polar surface area (TPSA) is 100 Å². The number of aromatic nitrogens is 1. The molecule has 2 N–H and O–H groups in total. The first kappa shape index (κ1) is 13.9. The summed E-state index contributed by atoms with van der Waals surface area (Å²) in [6.07, 6.45) is 3.47. The zero-order valence-electron chi connectivity index (χ0n) is 10.4. The maximum absolute atomic E-state index is 11.3. The molecule has 7 heteroatoms. The molecule has 0 aromatic carbocycles. The average Bonchev–Trinajstić information content (AvgIpc) is 2.83. The lowest BCUT2D eigenvalue weighted by atomic mass is 10.2. The monoisotopic (exact) mass is 252 g/mol. The Morgan fingerprint density at radius 2 is 2.33 bits per heavy atom. The molecule has 1 rings (SSSR count). The Morgan fingerprint density at radius 3 is 2.89 bits per heavy atom. The maximum atomic E-state index is 11.3. The van der Waals surface area contributed by atoms with Gasteiger partial charge in [-0.3, -0.25) is 14.9 Å². The minimum absolute atomic E-state index is 0.0307. The van der Waals surface area contributed by atoms with Gasteiger partial charge in [-0.05, 0) is 13.3 Å². The third-order valence-corrected chi connectivity index (χ3v) is 2.37. The van der Waals surface area contributed by atoms with Crippen LogP contribution >= 0.6 is 0 Å². The van der Waals surface area contributed by atoms with Gasteiger partial charge in [0.15, 0.2) is 0 Å². The molecule has 0 bridgehead atoms. The van der Waals surface area contributed by atoms with Crippen LogP contribution in [0.2, 0.25) is 0 Å². The fraction of sp³-hybridized carbons (Fsp3) is 0.455. The van der Waals surface area contributed by atoms with Crippen molar-refractivity contribution in [3.05, 3.63) is 28.1 Å². The number of amides is 1. The van der Waals surface area contributed by atoms with Crippen molar-refractivity contribution in [2.75, 3.05) is 0 Å². The predicted molar refractivity (Wildman–Crippen MR) is 67.3 cm³/mol. The quantitative estimate of drug-likeness (QED) is 0.459. The number of rotatable bonds is 6. The molecule has 98 valence electrons. The molecule has 0 saturated heterocycles. The summed E-state index contributed by atoms with van der Waals surface area (Å²) in [5.74, 6) is -0.155. The van der Waals surface area contributed by atoms with Crippen molar-refractivity contribution < 1.29 is 9.72 Å². The Hall–Kier alpha value is -2.18. The molecule has 0 radical (unpaired) electrons. The predicted octanol–water partition coefficient (Wildman–Crippen LogP) is 1.95. The smallest absolute Gasteiger partial charge is 0.287 e. The van der Waals surface area contributed by atoms with Crippen LogP contribution in [-0.2, 0) is 4.79 Å². The number of nitro groups is 1. The lowest BCUT2D eigenvalue weighted by molar-refractivity contribution is -0.384. The Bertz CT molecular complexity index is 465. The fourth-order valence-electron chi connectivity index (χ4n) is 1.30. The standard InChI is InChI=1S/C11H16N4O3/c1-3-4-5-11(16)14-13-8(2)10-6-9(7-12-10)15(17)18/h6-7,12H,3-5H2,1-2H3,(H,14,16)/b13-8+. The van der Waals surface area contributed by atoms with E-state index in [2.05, 4.69) is 15.5 Å². The van der Waals surface area contributed by atoms with Gasteiger partial charge in [0.05, 0.1) is 22.5 Å². The molecule has 0 aliphatic carbocycles. The average molecular weight is 252 g/mol. The van der Waals surface area contributed by atoms with Crippen LogP contribution in [-0.4, -0.2) is 21.5 Å². The van der Waals surface area contributed by atoms with Gasteiger partial charge in [0.25, 0.3) is 5.69 Å². The zero-order valence-corrected chi connectivity index (χ0v) is 10.4. The van der Waals surface area contributed by atoms with Crippen molar-refractivity contribution in [2.24, 2.45) is 5.10 Å². The van der Waals surface area contributed by atoms with Crippen LogP contribution in [0.15, 0.2) is 17.4 Å². The highest BCUT2D eigenvalue weighted by atomic mass is 16.6. The van der Waals surface area contributed by atoms with Gasteiger partial charge in [0, 0.05) is 12.5 Å². The molecule has 7 nitrogen and oxygen atoms in total. The van der Waals surface area contributed by atoms with Crippen LogP contribution in [0.3, 0.4) is 0 Å². The third kappa shape index (κ3) is 4.00. The molecule has 18 heavy (non-hydrogen) atoms. The number of H-pyrrole nitrogens is 1. The molecular formula is C11H16N4O3. The van der Waals surface area contributed by atoms with Gasteiger partial charge in [-0.2, -0.15) is 5.10 Å². The molecule has 1 heterocycles. The van der Waals surface area contributed by atoms with Crippen LogP contribution in [0.5, 0.6) is 0 Å². The molecule has 0 saturated carbocycles. The number of hydrazone groups is 1. The zero-order chi connectivity index (χ0) is 13.5. The molecule has 0 aliphatic heterocycles. The van der Waals surface area contributed by atoms with Gasteiger partial charge in [-0.1, -0.05) is 13.3 Å². The van der Waals surface area contributed by atoms with E-state index in [1.165, 1.54) is 12.3 Å². The summed E-state index contributed by atoms with van der Waals surface area (Å²) in [6, 6.07) is 1.37. The Kier molecular flexibility index (Phi) is 5.04. The fourth-order valence-corrected chi connectivity index (χ4v) is 1.30. The number of nitrogens with zero attached hydrogens (tertiary/aromatic N) is 2. The minimum atomic E-state index is -0.493. The molecular weight excluding hydrogens is 236 g/mol. The number of nitrogens with one attached hydrogen (secondary N) is 2. The van der Waals surface area contributed by atoms with Crippen LogP contribution in [0.25, 0.3) is 0 Å². The van der Waals surface area contributed by atoms with Crippen molar-refractivity contribution in [3.8, 4) is 0 Å². The molecule has 0 fully saturated rings. The number of hydrogen-bond donors (Lipinski definition) is 2. The second-order valence-electron chi connectivity index (χ2n) is 3.86. The van der Waals surface area contributed by atoms with Crippen molar-refractivity contribution in [1.29, 1.82) is 0 Å². The Balaban J connectivity index is 2.59. The maximum Gasteiger partial charge on any atom is 0.287 e. The molecule has 1 amide bonds. The second-order valence-corrected chi connectivity index (χ2v) is 3.86. The summed E-state index contributed by atoms with van der Waals surface area (Å²) in [5, 5.41) is 14.4. The van der Waals surface area contributed by atoms with Gasteiger partial charge in [0.2, 0.25) is 5.91 Å². The van der Waals surface area contributed by atoms with Crippen LogP contribution in [0.4, 0.5) is 5.69 Å². The van der Waals surface area contributed by atoms with E-state index in [-0.39, 0.29) is 11.6 Å². The molecule has 0 atom stereocenters. The normalized spacial score (nSPS) is 11.3. The van der Waals surface area contributed by atoms with Crippen LogP contribution in [0, 0.1) is 10.1 Å². The SMILES string of the molecule is CCCCC(=O)N/N=C(\C)c1cc([N+](=O)[O-])c[nH]1.